The van der Waals surface area contributed by atoms with E-state index in [4.69, 9.17) is 4.74 Å². The molecule has 0 aliphatic carbocycles. The third kappa shape index (κ3) is 6.88. The first-order valence-corrected chi connectivity index (χ1v) is 9.86. The second-order valence-electron chi connectivity index (χ2n) is 7.12. The number of carbonyl (C=O) groups excluding carboxylic acids is 2. The molecule has 2 rings (SSSR count). The first-order valence-electron chi connectivity index (χ1n) is 9.86. The van der Waals surface area contributed by atoms with Crippen LogP contribution in [-0.2, 0) is 27.4 Å². The van der Waals surface area contributed by atoms with Crippen molar-refractivity contribution < 1.29 is 23.1 Å². The molecule has 6 heteroatoms. The van der Waals surface area contributed by atoms with Gasteiger partial charge >= 0.3 is 11.9 Å². The van der Waals surface area contributed by atoms with E-state index >= 15 is 0 Å². The van der Waals surface area contributed by atoms with Gasteiger partial charge in [0, 0.05) is 5.92 Å². The number of hydrogen-bond donors (Lipinski definition) is 1. The van der Waals surface area contributed by atoms with Crippen molar-refractivity contribution in [1.29, 1.82) is 0 Å². The van der Waals surface area contributed by atoms with Crippen LogP contribution in [-0.4, -0.2) is 30.3 Å². The summed E-state index contributed by atoms with van der Waals surface area (Å²) in [6.45, 7) is 4.35. The summed E-state index contributed by atoms with van der Waals surface area (Å²) in [4.78, 5) is 24.6. The topological polar surface area (TPSA) is 55.4 Å². The number of ketones is 1. The number of halogens is 2. The normalized spacial score (nSPS) is 13.3. The Balaban J connectivity index is 1.99. The van der Waals surface area contributed by atoms with Gasteiger partial charge < -0.3 is 4.74 Å². The molecule has 2 atom stereocenters. The number of allylic oxidation sites excluding steroid dienone is 1. The number of alkyl halides is 2. The summed E-state index contributed by atoms with van der Waals surface area (Å²) < 4.78 is 34.2. The fraction of sp³-hybridized carbons (Fsp3) is 0.333. The maximum Gasteiger partial charge on any atom is 0.320 e. The minimum Gasteiger partial charge on any atom is -0.460 e. The van der Waals surface area contributed by atoms with E-state index in [0.717, 1.165) is 17.2 Å². The summed E-state index contributed by atoms with van der Waals surface area (Å²) in [7, 11) is 0. The Kier molecular flexibility index (Phi) is 8.87. The fourth-order valence-electron chi connectivity index (χ4n) is 2.88. The van der Waals surface area contributed by atoms with Gasteiger partial charge in [-0.3, -0.25) is 14.9 Å². The van der Waals surface area contributed by atoms with E-state index in [0.29, 0.717) is 6.42 Å². The van der Waals surface area contributed by atoms with Gasteiger partial charge in [-0.05, 0) is 24.0 Å². The molecule has 0 radical (unpaired) electrons. The number of Topliss-reactive ketones (excluding diaryl/α,β-unsaturated/α-hetero) is 1. The van der Waals surface area contributed by atoms with Crippen LogP contribution >= 0.6 is 0 Å². The Bertz CT molecular complexity index is 825. The van der Waals surface area contributed by atoms with Gasteiger partial charge in [-0.15, -0.1) is 6.58 Å². The lowest BCUT2D eigenvalue weighted by molar-refractivity contribution is -0.151. The highest BCUT2D eigenvalue weighted by molar-refractivity contribution is 5.91. The van der Waals surface area contributed by atoms with Crippen LogP contribution in [0.1, 0.15) is 24.5 Å². The number of carbonyl (C=O) groups is 2. The van der Waals surface area contributed by atoms with E-state index in [1.165, 1.54) is 6.92 Å². The molecule has 0 aromatic heterocycles. The van der Waals surface area contributed by atoms with Crippen LogP contribution < -0.4 is 5.32 Å². The van der Waals surface area contributed by atoms with E-state index in [2.05, 4.69) is 11.9 Å². The van der Waals surface area contributed by atoms with Gasteiger partial charge in [-0.2, -0.15) is 8.78 Å². The average molecular weight is 415 g/mol. The molecule has 0 amide bonds. The molecular weight excluding hydrogens is 388 g/mol. The van der Waals surface area contributed by atoms with Crippen LogP contribution in [0.15, 0.2) is 73.3 Å². The Hall–Kier alpha value is -2.86. The Morgan fingerprint density at radius 2 is 1.63 bits per heavy atom. The quantitative estimate of drug-likeness (QED) is 0.414. The summed E-state index contributed by atoms with van der Waals surface area (Å²) >= 11 is 0. The summed E-state index contributed by atoms with van der Waals surface area (Å²) in [6.07, 6.45) is 1.61. The van der Waals surface area contributed by atoms with E-state index in [-0.39, 0.29) is 19.6 Å². The van der Waals surface area contributed by atoms with Gasteiger partial charge in [0.1, 0.15) is 6.61 Å². The molecule has 0 saturated carbocycles. The molecule has 0 aliphatic rings. The summed E-state index contributed by atoms with van der Waals surface area (Å²) in [5.74, 6) is -6.75. The van der Waals surface area contributed by atoms with Gasteiger partial charge in [0.2, 0.25) is 5.78 Å². The molecule has 2 aromatic carbocycles. The number of benzene rings is 2. The van der Waals surface area contributed by atoms with Crippen LogP contribution in [0.4, 0.5) is 8.78 Å². The number of esters is 1. The molecule has 0 saturated heterocycles. The van der Waals surface area contributed by atoms with Crippen molar-refractivity contribution in [2.75, 3.05) is 6.54 Å². The monoisotopic (exact) mass is 415 g/mol. The predicted octanol–water partition coefficient (Wildman–Crippen LogP) is 4.35. The molecule has 0 fully saturated rings. The smallest absolute Gasteiger partial charge is 0.320 e. The SMILES string of the molecule is C=CC(C)C(F)(F)C(=O)C(CCc1ccccc1)NCC(=O)OCc1ccccc1. The van der Waals surface area contributed by atoms with Crippen molar-refractivity contribution in [3.8, 4) is 0 Å². The molecule has 160 valence electrons. The van der Waals surface area contributed by atoms with E-state index in [1.807, 2.05) is 60.7 Å². The summed E-state index contributed by atoms with van der Waals surface area (Å²) in [6, 6.07) is 17.2. The maximum atomic E-state index is 14.5. The van der Waals surface area contributed by atoms with Gasteiger partial charge in [-0.1, -0.05) is 73.7 Å². The van der Waals surface area contributed by atoms with Gasteiger partial charge in [-0.25, -0.2) is 0 Å². The molecule has 2 aromatic rings. The Labute approximate surface area is 175 Å². The number of hydrogen-bond acceptors (Lipinski definition) is 4. The standard InChI is InChI=1S/C24H27F2NO3/c1-3-18(2)24(25,26)23(29)21(15-14-19-10-6-4-7-11-19)27-16-22(28)30-17-20-12-8-5-9-13-20/h3-13,18,21,27H,1,14-17H2,2H3. The number of aryl methyl sites for hydroxylation is 1. The van der Waals surface area contributed by atoms with Crippen molar-refractivity contribution in [1.82, 2.24) is 5.32 Å². The predicted molar refractivity (Wildman–Crippen MR) is 112 cm³/mol. The van der Waals surface area contributed by atoms with Crippen LogP contribution in [0, 0.1) is 5.92 Å². The molecule has 1 N–H and O–H groups in total. The summed E-state index contributed by atoms with van der Waals surface area (Å²) in [5, 5.41) is 2.67. The Morgan fingerprint density at radius 3 is 2.20 bits per heavy atom. The molecule has 30 heavy (non-hydrogen) atoms. The van der Waals surface area contributed by atoms with Gasteiger partial charge in [0.15, 0.2) is 0 Å². The summed E-state index contributed by atoms with van der Waals surface area (Å²) in [5.41, 5.74) is 1.73. The first kappa shape index (κ1) is 23.4. The lowest BCUT2D eigenvalue weighted by Gasteiger charge is -2.25. The van der Waals surface area contributed by atoms with Crippen LogP contribution in [0.25, 0.3) is 0 Å². The van der Waals surface area contributed by atoms with Crippen molar-refractivity contribution in [2.45, 2.75) is 38.3 Å². The molecule has 0 aliphatic heterocycles. The number of rotatable bonds is 12. The lowest BCUT2D eigenvalue weighted by Crippen LogP contribution is -2.50. The van der Waals surface area contributed by atoms with Crippen LogP contribution in [0.2, 0.25) is 0 Å². The highest BCUT2D eigenvalue weighted by Gasteiger charge is 2.46. The average Bonchev–Trinajstić information content (AvgIpc) is 2.78. The number of ether oxygens (including phenoxy) is 1. The minimum absolute atomic E-state index is 0.0770. The first-order chi connectivity index (χ1) is 14.3. The highest BCUT2D eigenvalue weighted by Crippen LogP contribution is 2.28. The fourth-order valence-corrected chi connectivity index (χ4v) is 2.88. The molecular formula is C24H27F2NO3. The minimum atomic E-state index is -3.58. The van der Waals surface area contributed by atoms with E-state index < -0.39 is 29.6 Å². The zero-order valence-electron chi connectivity index (χ0n) is 17.0. The Morgan fingerprint density at radius 1 is 1.07 bits per heavy atom. The third-order valence-electron chi connectivity index (χ3n) is 4.87. The zero-order chi connectivity index (χ0) is 22.0. The van der Waals surface area contributed by atoms with Crippen molar-refractivity contribution in [3.05, 3.63) is 84.4 Å². The second kappa shape index (κ2) is 11.4. The molecule has 4 nitrogen and oxygen atoms in total. The molecule has 0 bridgehead atoms. The highest BCUT2D eigenvalue weighted by atomic mass is 19.3. The van der Waals surface area contributed by atoms with Crippen LogP contribution in [0.3, 0.4) is 0 Å². The third-order valence-corrected chi connectivity index (χ3v) is 4.87. The number of nitrogens with one attached hydrogen (secondary N) is 1. The molecule has 2 unspecified atom stereocenters. The molecule has 0 heterocycles. The van der Waals surface area contributed by atoms with E-state index in [9.17, 15) is 18.4 Å². The largest absolute Gasteiger partial charge is 0.460 e. The van der Waals surface area contributed by atoms with Crippen LogP contribution in [0.5, 0.6) is 0 Å². The van der Waals surface area contributed by atoms with Crippen molar-refractivity contribution in [3.63, 3.8) is 0 Å². The lowest BCUT2D eigenvalue weighted by atomic mass is 9.92. The van der Waals surface area contributed by atoms with Crippen molar-refractivity contribution in [2.24, 2.45) is 5.92 Å². The van der Waals surface area contributed by atoms with Crippen molar-refractivity contribution >= 4 is 11.8 Å². The maximum absolute atomic E-state index is 14.5. The second-order valence-corrected chi connectivity index (χ2v) is 7.12. The van der Waals surface area contributed by atoms with E-state index in [1.54, 1.807) is 0 Å². The zero-order valence-corrected chi connectivity index (χ0v) is 17.0. The van der Waals surface area contributed by atoms with Gasteiger partial charge in [0.05, 0.1) is 12.6 Å². The molecule has 0 spiro atoms. The van der Waals surface area contributed by atoms with Gasteiger partial charge in [0.25, 0.3) is 0 Å².